The van der Waals surface area contributed by atoms with Crippen LogP contribution in [0.15, 0.2) is 60.7 Å². The molecule has 1 aliphatic rings. The molecule has 0 aliphatic carbocycles. The molecule has 0 bridgehead atoms. The van der Waals surface area contributed by atoms with Crippen molar-refractivity contribution in [1.29, 1.82) is 0 Å². The second-order valence-electron chi connectivity index (χ2n) is 11.5. The van der Waals surface area contributed by atoms with Crippen LogP contribution in [0.25, 0.3) is 0 Å². The van der Waals surface area contributed by atoms with Gasteiger partial charge in [0.25, 0.3) is 0 Å². The second-order valence-corrected chi connectivity index (χ2v) is 11.5. The van der Waals surface area contributed by atoms with Crippen LogP contribution in [0.5, 0.6) is 5.75 Å². The zero-order valence-corrected chi connectivity index (χ0v) is 33.5. The van der Waals surface area contributed by atoms with Gasteiger partial charge in [0.15, 0.2) is 0 Å². The van der Waals surface area contributed by atoms with E-state index in [1.165, 1.54) is 17.7 Å². The van der Waals surface area contributed by atoms with Crippen LogP contribution in [0.2, 0.25) is 0 Å². The number of nitrogens with two attached hydrogens (primary N) is 1. The number of carbonyl (C=O) groups excluding carboxylic acids is 2. The maximum absolute atomic E-state index is 13.1. The fourth-order valence-electron chi connectivity index (χ4n) is 4.27. The molecule has 2 aromatic carbocycles. The van der Waals surface area contributed by atoms with Gasteiger partial charge in [0.1, 0.15) is 23.8 Å². The van der Waals surface area contributed by atoms with Gasteiger partial charge in [-0.1, -0.05) is 50.3 Å². The minimum absolute atomic E-state index is 0. The maximum Gasteiger partial charge on any atom is 1.00 e. The predicted octanol–water partition coefficient (Wildman–Crippen LogP) is 2.40. The number of nitrogens with zero attached hydrogens (tertiary/aromatic N) is 3. The molecule has 9 nitrogen and oxygen atoms in total. The number of hydrogen-bond acceptors (Lipinski definition) is 7. The van der Waals surface area contributed by atoms with Gasteiger partial charge in [-0.2, -0.15) is 7.11 Å². The van der Waals surface area contributed by atoms with Crippen LogP contribution in [0.1, 0.15) is 65.0 Å². The van der Waals surface area contributed by atoms with Crippen molar-refractivity contribution in [2.45, 2.75) is 73.0 Å². The van der Waals surface area contributed by atoms with Crippen molar-refractivity contribution >= 4 is 12.0 Å². The summed E-state index contributed by atoms with van der Waals surface area (Å²) in [6, 6.07) is 14.9. The van der Waals surface area contributed by atoms with Gasteiger partial charge in [0.05, 0.1) is 0 Å². The fraction of sp³-hybridized carbons (Fsp3) is 0.556. The molecule has 11 heteroatoms. The summed E-state index contributed by atoms with van der Waals surface area (Å²) in [5, 5.41) is 8.25. The van der Waals surface area contributed by atoms with Gasteiger partial charge in [-0.25, -0.2) is 9.18 Å². The number of aryl methyl sites for hydroxylation is 1. The first-order chi connectivity index (χ1) is 22.0. The number of rotatable bonds is 13. The van der Waals surface area contributed by atoms with E-state index >= 15 is 0 Å². The summed E-state index contributed by atoms with van der Waals surface area (Å²) in [7, 11) is 2.81. The molecule has 2 N–H and O–H groups in total. The normalized spacial score (nSPS) is 12.2. The smallest absolute Gasteiger partial charge is 0.857 e. The van der Waals surface area contributed by atoms with Crippen LogP contribution in [0, 0.1) is 12.7 Å². The van der Waals surface area contributed by atoms with E-state index < -0.39 is 5.60 Å². The molecule has 0 aromatic heterocycles. The average Bonchev–Trinajstić information content (AvgIpc) is 3.42. The molecule has 1 fully saturated rings. The summed E-state index contributed by atoms with van der Waals surface area (Å²) in [6.45, 7) is 16.8. The molecule has 2 aromatic rings. The molecule has 1 saturated heterocycles. The van der Waals surface area contributed by atoms with E-state index in [0.717, 1.165) is 45.1 Å². The predicted molar refractivity (Wildman–Crippen MR) is 183 cm³/mol. The van der Waals surface area contributed by atoms with Crippen molar-refractivity contribution < 1.29 is 79.9 Å². The van der Waals surface area contributed by atoms with Crippen molar-refractivity contribution in [3.05, 3.63) is 77.6 Å². The fourth-order valence-corrected chi connectivity index (χ4v) is 4.27. The number of likely N-dealkylation sites (N-methyl/N-ethyl adjacent to an activating group) is 1. The molecule has 0 radical (unpaired) electrons. The van der Waals surface area contributed by atoms with Crippen LogP contribution in [0.4, 0.5) is 9.18 Å². The molecular weight excluding hydrogens is 627 g/mol. The van der Waals surface area contributed by atoms with Crippen LogP contribution in [0.3, 0.4) is 0 Å². The maximum atomic E-state index is 13.1. The molecule has 0 saturated carbocycles. The summed E-state index contributed by atoms with van der Waals surface area (Å²) >= 11 is 0. The molecule has 2 amide bonds. The molecule has 47 heavy (non-hydrogen) atoms. The number of hydrogen-bond donors (Lipinski definition) is 1. The molecule has 1 aliphatic heterocycles. The zero-order valence-electron chi connectivity index (χ0n) is 30.4. The van der Waals surface area contributed by atoms with Gasteiger partial charge >= 0.3 is 57.5 Å². The Balaban J connectivity index is 0. The van der Waals surface area contributed by atoms with Gasteiger partial charge < -0.3 is 35.0 Å². The molecule has 0 atom stereocenters. The summed E-state index contributed by atoms with van der Waals surface area (Å²) in [5.41, 5.74) is 7.19. The molecule has 0 spiro atoms. The van der Waals surface area contributed by atoms with E-state index in [1.807, 2.05) is 76.8 Å². The molecule has 0 unspecified atom stereocenters. The van der Waals surface area contributed by atoms with E-state index in [1.54, 1.807) is 11.0 Å². The van der Waals surface area contributed by atoms with Crippen molar-refractivity contribution in [3.8, 4) is 5.75 Å². The van der Waals surface area contributed by atoms with Gasteiger partial charge in [0, 0.05) is 51.8 Å². The van der Waals surface area contributed by atoms with E-state index in [9.17, 15) is 14.0 Å². The summed E-state index contributed by atoms with van der Waals surface area (Å²) in [6.07, 6.45) is 5.89. The van der Waals surface area contributed by atoms with Crippen LogP contribution >= 0.6 is 0 Å². The SMILES string of the molecule is CC.CN(CCN(CCCN)C(=O)OC(C)(C)C)Cc1ccccc1.C[O-].Cc1cc(F)cc(OC/C=C\CN2CCCC2=O)c1.[K+]. The first kappa shape index (κ1) is 47.3. The molecule has 1 heterocycles. The van der Waals surface area contributed by atoms with Gasteiger partial charge in [-0.05, 0) is 83.5 Å². The Labute approximate surface area is 326 Å². The Hall–Kier alpha value is -1.83. The number of likely N-dealkylation sites (tertiary alicyclic amines) is 1. The Morgan fingerprint density at radius 3 is 2.28 bits per heavy atom. The third kappa shape index (κ3) is 23.2. The number of benzene rings is 2. The summed E-state index contributed by atoms with van der Waals surface area (Å²) < 4.78 is 24.0. The van der Waals surface area contributed by atoms with Crippen LogP contribution in [-0.2, 0) is 16.1 Å². The average molecular weight is 685 g/mol. The zero-order chi connectivity index (χ0) is 35.0. The molecule has 260 valence electrons. The standard InChI is InChI=1S/C18H31N3O2.C15H18FNO2.C2H6.CH3O.K/c1-18(2,3)23-17(22)21(12-8-11-19)14-13-20(4)15-16-9-6-5-7-10-16;1-12-9-13(16)11-14(10-12)19-8-3-2-6-17-7-4-5-15(17)18;2*1-2;/h5-7,9-10H,8,11-15,19H2,1-4H3;2-3,9-11H,4-8H2,1H3;1-2H3;1H3;/q;;;-1;+1/b;3-2-;;;. The van der Waals surface area contributed by atoms with E-state index in [2.05, 4.69) is 24.1 Å². The van der Waals surface area contributed by atoms with Crippen molar-refractivity contribution in [1.82, 2.24) is 14.7 Å². The largest absolute Gasteiger partial charge is 1.00 e. The van der Waals surface area contributed by atoms with Gasteiger partial charge in [0.2, 0.25) is 5.91 Å². The molecule has 3 rings (SSSR count). The van der Waals surface area contributed by atoms with E-state index in [0.29, 0.717) is 45.0 Å². The van der Waals surface area contributed by atoms with Crippen molar-refractivity contribution in [2.24, 2.45) is 5.73 Å². The van der Waals surface area contributed by atoms with Crippen molar-refractivity contribution in [2.75, 3.05) is 60.0 Å². The first-order valence-corrected chi connectivity index (χ1v) is 16.1. The summed E-state index contributed by atoms with van der Waals surface area (Å²) in [5.74, 6) is 0.451. The Bertz CT molecular complexity index is 1110. The topological polar surface area (TPSA) is 111 Å². The summed E-state index contributed by atoms with van der Waals surface area (Å²) in [4.78, 5) is 29.4. The second kappa shape index (κ2) is 28.0. The monoisotopic (exact) mass is 684 g/mol. The third-order valence-corrected chi connectivity index (χ3v) is 6.36. The number of amides is 2. The number of ether oxygens (including phenoxy) is 2. The van der Waals surface area contributed by atoms with Crippen LogP contribution in [-0.4, -0.2) is 92.3 Å². The minimum Gasteiger partial charge on any atom is -0.857 e. The molecular formula is C36H58FKN4O5. The first-order valence-electron chi connectivity index (χ1n) is 16.1. The Morgan fingerprint density at radius 2 is 1.72 bits per heavy atom. The third-order valence-electron chi connectivity index (χ3n) is 6.36. The van der Waals surface area contributed by atoms with Crippen molar-refractivity contribution in [3.63, 3.8) is 0 Å². The van der Waals surface area contributed by atoms with E-state index in [-0.39, 0.29) is 69.2 Å². The van der Waals surface area contributed by atoms with Gasteiger partial charge in [-0.3, -0.25) is 4.79 Å². The van der Waals surface area contributed by atoms with E-state index in [4.69, 9.17) is 20.3 Å². The minimum atomic E-state index is -0.478. The quantitative estimate of drug-likeness (QED) is 0.255. The Kier molecular flexibility index (Phi) is 28.2. The van der Waals surface area contributed by atoms with Gasteiger partial charge in [-0.15, -0.1) is 0 Å². The Morgan fingerprint density at radius 1 is 1.06 bits per heavy atom. The number of halogens is 1. The van der Waals surface area contributed by atoms with Crippen LogP contribution < -0.4 is 67.0 Å². The number of carbonyl (C=O) groups is 2.